The molecule has 7 nitrogen and oxygen atoms in total. The number of carbonyl (C=O) groups excluding carboxylic acids is 1. The maximum absolute atomic E-state index is 12.0. The van der Waals surface area contributed by atoms with Crippen LogP contribution in [0.5, 0.6) is 5.75 Å². The van der Waals surface area contributed by atoms with Gasteiger partial charge in [0.1, 0.15) is 11.6 Å². The molecule has 0 unspecified atom stereocenters. The van der Waals surface area contributed by atoms with E-state index in [2.05, 4.69) is 10.6 Å². The average Bonchev–Trinajstić information content (AvgIpc) is 2.81. The molecule has 1 aliphatic rings. The molecule has 166 valence electrons. The molecule has 0 spiro atoms. The zero-order chi connectivity index (χ0) is 22.5. The summed E-state index contributed by atoms with van der Waals surface area (Å²) >= 11 is 0. The summed E-state index contributed by atoms with van der Waals surface area (Å²) in [7, 11) is 1.64. The Hall–Kier alpha value is -3.58. The zero-order valence-electron chi connectivity index (χ0n) is 18.2. The highest BCUT2D eigenvalue weighted by molar-refractivity contribution is 5.99. The van der Waals surface area contributed by atoms with Crippen molar-refractivity contribution in [1.82, 2.24) is 4.98 Å². The smallest absolute Gasteiger partial charge is 0.250 e. The maximum atomic E-state index is 12.0. The van der Waals surface area contributed by atoms with Gasteiger partial charge < -0.3 is 26.8 Å². The molecular weight excluding hydrogens is 402 g/mol. The molecule has 6 N–H and O–H groups in total. The number of benzene rings is 2. The Morgan fingerprint density at radius 3 is 2.66 bits per heavy atom. The van der Waals surface area contributed by atoms with E-state index in [1.54, 1.807) is 13.2 Å². The van der Waals surface area contributed by atoms with E-state index in [1.165, 1.54) is 6.42 Å². The van der Waals surface area contributed by atoms with Crippen LogP contribution in [0.25, 0.3) is 11.3 Å². The molecule has 0 bridgehead atoms. The molecule has 7 heteroatoms. The lowest BCUT2D eigenvalue weighted by molar-refractivity contribution is 0.100. The number of ether oxygens (including phenoxy) is 1. The van der Waals surface area contributed by atoms with E-state index in [0.717, 1.165) is 42.0 Å². The van der Waals surface area contributed by atoms with Crippen molar-refractivity contribution in [3.63, 3.8) is 0 Å². The lowest BCUT2D eigenvalue weighted by Gasteiger charge is -2.30. The van der Waals surface area contributed by atoms with Crippen molar-refractivity contribution in [2.75, 3.05) is 17.7 Å². The highest BCUT2D eigenvalue weighted by Crippen LogP contribution is 2.31. The van der Waals surface area contributed by atoms with Gasteiger partial charge in [0.2, 0.25) is 0 Å². The lowest BCUT2D eigenvalue weighted by atomic mass is 9.91. The number of hydrogen-bond donors (Lipinski definition) is 4. The van der Waals surface area contributed by atoms with Gasteiger partial charge in [-0.3, -0.25) is 4.79 Å². The van der Waals surface area contributed by atoms with Gasteiger partial charge in [0.25, 0.3) is 5.91 Å². The van der Waals surface area contributed by atoms with Crippen LogP contribution in [0.1, 0.15) is 36.0 Å². The first-order chi connectivity index (χ1) is 15.5. The highest BCUT2D eigenvalue weighted by Gasteiger charge is 2.22. The van der Waals surface area contributed by atoms with Gasteiger partial charge in [-0.25, -0.2) is 4.98 Å². The number of nitrogens with two attached hydrogens (primary N) is 2. The van der Waals surface area contributed by atoms with Crippen molar-refractivity contribution in [2.24, 2.45) is 11.5 Å². The van der Waals surface area contributed by atoms with E-state index in [0.29, 0.717) is 17.1 Å². The van der Waals surface area contributed by atoms with Crippen molar-refractivity contribution in [3.8, 4) is 17.0 Å². The molecular formula is C25H29N5O2. The molecule has 3 aromatic rings. The van der Waals surface area contributed by atoms with Gasteiger partial charge in [-0.1, -0.05) is 31.0 Å². The number of aromatic nitrogens is 1. The first-order valence-corrected chi connectivity index (χ1v) is 10.9. The molecule has 1 aromatic heterocycles. The van der Waals surface area contributed by atoms with Crippen LogP contribution in [0.15, 0.2) is 60.7 Å². The number of nitrogens with one attached hydrogen (secondary N) is 2. The number of methoxy groups -OCH3 is 1. The van der Waals surface area contributed by atoms with Crippen molar-refractivity contribution in [3.05, 3.63) is 66.2 Å². The molecule has 32 heavy (non-hydrogen) atoms. The fraction of sp³-hybridized carbons (Fsp3) is 0.280. The van der Waals surface area contributed by atoms with Crippen LogP contribution in [0.2, 0.25) is 0 Å². The molecule has 4 rings (SSSR count). The minimum atomic E-state index is -0.505. The van der Waals surface area contributed by atoms with Crippen molar-refractivity contribution >= 4 is 23.1 Å². The Morgan fingerprint density at radius 2 is 1.88 bits per heavy atom. The summed E-state index contributed by atoms with van der Waals surface area (Å²) in [6, 6.07) is 19.2. The fourth-order valence-electron chi connectivity index (χ4n) is 4.15. The third-order valence-corrected chi connectivity index (χ3v) is 5.85. The van der Waals surface area contributed by atoms with Crippen molar-refractivity contribution in [2.45, 2.75) is 37.8 Å². The summed E-state index contributed by atoms with van der Waals surface area (Å²) in [4.78, 5) is 16.8. The second-order valence-corrected chi connectivity index (χ2v) is 8.06. The van der Waals surface area contributed by atoms with E-state index in [4.69, 9.17) is 21.2 Å². The van der Waals surface area contributed by atoms with E-state index in [1.807, 2.05) is 54.6 Å². The minimum Gasteiger partial charge on any atom is -0.496 e. The number of anilines is 3. The van der Waals surface area contributed by atoms with Gasteiger partial charge in [0.15, 0.2) is 0 Å². The first-order valence-electron chi connectivity index (χ1n) is 10.9. The molecule has 2 aromatic carbocycles. The quantitative estimate of drug-likeness (QED) is 0.444. The second kappa shape index (κ2) is 9.70. The van der Waals surface area contributed by atoms with Crippen LogP contribution >= 0.6 is 0 Å². The van der Waals surface area contributed by atoms with Gasteiger partial charge >= 0.3 is 0 Å². The Morgan fingerprint density at radius 1 is 1.06 bits per heavy atom. The number of amides is 1. The summed E-state index contributed by atoms with van der Waals surface area (Å²) in [5, 5.41) is 6.79. The van der Waals surface area contributed by atoms with Crippen LogP contribution in [0.3, 0.4) is 0 Å². The first kappa shape index (κ1) is 21.6. The molecule has 0 saturated heterocycles. The van der Waals surface area contributed by atoms with E-state index >= 15 is 0 Å². The van der Waals surface area contributed by atoms with Crippen LogP contribution in [0, 0.1) is 0 Å². The topological polar surface area (TPSA) is 115 Å². The van der Waals surface area contributed by atoms with Gasteiger partial charge in [-0.15, -0.1) is 0 Å². The predicted octanol–water partition coefficient (Wildman–Crippen LogP) is 4.28. The van der Waals surface area contributed by atoms with Crippen LogP contribution in [0.4, 0.5) is 17.2 Å². The third kappa shape index (κ3) is 4.84. The van der Waals surface area contributed by atoms with E-state index in [-0.39, 0.29) is 12.1 Å². The molecule has 1 saturated carbocycles. The Labute approximate surface area is 188 Å². The lowest BCUT2D eigenvalue weighted by Crippen LogP contribution is -2.42. The maximum Gasteiger partial charge on any atom is 0.250 e. The molecule has 0 radical (unpaired) electrons. The summed E-state index contributed by atoms with van der Waals surface area (Å²) in [5.41, 5.74) is 15.4. The molecule has 1 amide bonds. The van der Waals surface area contributed by atoms with Gasteiger partial charge in [0.05, 0.1) is 24.1 Å². The predicted molar refractivity (Wildman–Crippen MR) is 128 cm³/mol. The summed E-state index contributed by atoms with van der Waals surface area (Å²) in [6.45, 7) is 0. The normalized spacial score (nSPS) is 18.1. The molecule has 2 atom stereocenters. The van der Waals surface area contributed by atoms with Crippen LogP contribution in [-0.4, -0.2) is 30.1 Å². The third-order valence-electron chi connectivity index (χ3n) is 5.85. The van der Waals surface area contributed by atoms with E-state index in [9.17, 15) is 4.79 Å². The summed E-state index contributed by atoms with van der Waals surface area (Å²) in [6.07, 6.45) is 4.38. The van der Waals surface area contributed by atoms with Crippen molar-refractivity contribution in [1.29, 1.82) is 0 Å². The number of carbonyl (C=O) groups is 1. The Bertz CT molecular complexity index is 1100. The average molecular weight is 432 g/mol. The van der Waals surface area contributed by atoms with Gasteiger partial charge in [-0.05, 0) is 55.3 Å². The SMILES string of the molecule is COc1ccccc1-c1cccc(Nc2cc(N[C@@H]3CCCC[C@@H]3N)ccc2C(N)=O)n1. The summed E-state index contributed by atoms with van der Waals surface area (Å²) in [5.74, 6) is 0.835. The monoisotopic (exact) mass is 431 g/mol. The fourth-order valence-corrected chi connectivity index (χ4v) is 4.15. The highest BCUT2D eigenvalue weighted by atomic mass is 16.5. The number of para-hydroxylation sites is 1. The second-order valence-electron chi connectivity index (χ2n) is 8.06. The molecule has 0 aliphatic heterocycles. The number of hydrogen-bond acceptors (Lipinski definition) is 6. The van der Waals surface area contributed by atoms with Gasteiger partial charge in [-0.2, -0.15) is 0 Å². The Balaban J connectivity index is 1.62. The number of primary amides is 1. The van der Waals surface area contributed by atoms with Crippen molar-refractivity contribution < 1.29 is 9.53 Å². The van der Waals surface area contributed by atoms with Crippen LogP contribution < -0.4 is 26.8 Å². The largest absolute Gasteiger partial charge is 0.496 e. The van der Waals surface area contributed by atoms with Gasteiger partial charge in [0, 0.05) is 23.3 Å². The molecule has 1 aliphatic carbocycles. The molecule has 1 heterocycles. The summed E-state index contributed by atoms with van der Waals surface area (Å²) < 4.78 is 5.46. The van der Waals surface area contributed by atoms with Crippen LogP contribution in [-0.2, 0) is 0 Å². The van der Waals surface area contributed by atoms with E-state index < -0.39 is 5.91 Å². The zero-order valence-corrected chi connectivity index (χ0v) is 18.2. The Kier molecular flexibility index (Phi) is 6.56. The number of pyridine rings is 1. The minimum absolute atomic E-state index is 0.121. The number of rotatable bonds is 7. The molecule has 1 fully saturated rings. The number of nitrogens with zero attached hydrogens (tertiary/aromatic N) is 1. The standard InChI is InChI=1S/C25H29N5O2/c1-32-23-11-5-2-7-17(23)20-10-6-12-24(29-20)30-22-15-16(13-14-18(22)25(27)31)28-21-9-4-3-8-19(21)26/h2,5-7,10-15,19,21,28H,3-4,8-9,26H2,1H3,(H2,27,31)(H,29,30)/t19-,21+/m0/s1.